The highest BCUT2D eigenvalue weighted by atomic mass is 14.8. The summed E-state index contributed by atoms with van der Waals surface area (Å²) in [5.74, 6) is 0. The van der Waals surface area contributed by atoms with Gasteiger partial charge in [-0.25, -0.2) is 4.98 Å². The van der Waals surface area contributed by atoms with E-state index in [4.69, 9.17) is 0 Å². The fraction of sp³-hybridized carbons (Fsp3) is 0.188. The normalized spacial score (nSPS) is 11.0. The standard InChI is InChI=1S/C16H16N2/c1-11-5-3-6-12(2)15(11)9-13-10-18-16-14(13)7-4-8-17-16/h3-8,10H,9H2,1-2H3,(H,17,18). The molecule has 90 valence electrons. The summed E-state index contributed by atoms with van der Waals surface area (Å²) in [4.78, 5) is 7.57. The fourth-order valence-electron chi connectivity index (χ4n) is 2.48. The van der Waals surface area contributed by atoms with E-state index in [9.17, 15) is 0 Å². The summed E-state index contributed by atoms with van der Waals surface area (Å²) < 4.78 is 0. The number of hydrogen-bond acceptors (Lipinski definition) is 1. The number of aryl methyl sites for hydroxylation is 2. The van der Waals surface area contributed by atoms with Gasteiger partial charge in [0, 0.05) is 24.2 Å². The zero-order valence-corrected chi connectivity index (χ0v) is 10.7. The molecule has 2 nitrogen and oxygen atoms in total. The fourth-order valence-corrected chi connectivity index (χ4v) is 2.48. The molecule has 0 radical (unpaired) electrons. The molecule has 3 aromatic rings. The summed E-state index contributed by atoms with van der Waals surface area (Å²) in [6.07, 6.45) is 4.86. The van der Waals surface area contributed by atoms with E-state index in [1.807, 2.05) is 12.3 Å². The van der Waals surface area contributed by atoms with Crippen molar-refractivity contribution >= 4 is 11.0 Å². The SMILES string of the molecule is Cc1cccc(C)c1Cc1c[nH]c2ncccc12. The van der Waals surface area contributed by atoms with Crippen molar-refractivity contribution in [2.75, 3.05) is 0 Å². The van der Waals surface area contributed by atoms with Gasteiger partial charge in [-0.15, -0.1) is 0 Å². The van der Waals surface area contributed by atoms with Gasteiger partial charge < -0.3 is 4.98 Å². The Bertz CT molecular complexity index is 675. The number of aromatic nitrogens is 2. The summed E-state index contributed by atoms with van der Waals surface area (Å²) in [6, 6.07) is 10.6. The quantitative estimate of drug-likeness (QED) is 0.721. The molecule has 2 heteroatoms. The van der Waals surface area contributed by atoms with Crippen LogP contribution in [-0.4, -0.2) is 9.97 Å². The average Bonchev–Trinajstić information content (AvgIpc) is 2.77. The van der Waals surface area contributed by atoms with Gasteiger partial charge >= 0.3 is 0 Å². The van der Waals surface area contributed by atoms with E-state index in [-0.39, 0.29) is 0 Å². The Balaban J connectivity index is 2.07. The molecule has 1 N–H and O–H groups in total. The van der Waals surface area contributed by atoms with Gasteiger partial charge in [-0.3, -0.25) is 0 Å². The predicted molar refractivity (Wildman–Crippen MR) is 74.8 cm³/mol. The number of rotatable bonds is 2. The minimum absolute atomic E-state index is 0.962. The second kappa shape index (κ2) is 4.30. The van der Waals surface area contributed by atoms with Gasteiger partial charge in [0.1, 0.15) is 5.65 Å². The van der Waals surface area contributed by atoms with Crippen LogP contribution >= 0.6 is 0 Å². The van der Waals surface area contributed by atoms with Crippen molar-refractivity contribution in [2.24, 2.45) is 0 Å². The third kappa shape index (κ3) is 1.80. The van der Waals surface area contributed by atoms with Crippen LogP contribution in [0.1, 0.15) is 22.3 Å². The van der Waals surface area contributed by atoms with Gasteiger partial charge in [0.25, 0.3) is 0 Å². The van der Waals surface area contributed by atoms with Gasteiger partial charge in [0.15, 0.2) is 0 Å². The largest absolute Gasteiger partial charge is 0.346 e. The Morgan fingerprint density at radius 2 is 1.83 bits per heavy atom. The number of aromatic amines is 1. The van der Waals surface area contributed by atoms with E-state index in [1.165, 1.54) is 27.6 Å². The van der Waals surface area contributed by atoms with Crippen LogP contribution in [0.25, 0.3) is 11.0 Å². The van der Waals surface area contributed by atoms with Crippen molar-refractivity contribution in [1.29, 1.82) is 0 Å². The number of nitrogens with one attached hydrogen (secondary N) is 1. The minimum atomic E-state index is 0.962. The van der Waals surface area contributed by atoms with Crippen molar-refractivity contribution in [3.63, 3.8) is 0 Å². The molecule has 0 atom stereocenters. The Morgan fingerprint density at radius 3 is 2.61 bits per heavy atom. The maximum absolute atomic E-state index is 4.33. The first-order valence-corrected chi connectivity index (χ1v) is 6.22. The summed E-state index contributed by atoms with van der Waals surface area (Å²) in [5.41, 5.74) is 6.41. The molecule has 0 aliphatic heterocycles. The molecule has 0 unspecified atom stereocenters. The third-order valence-electron chi connectivity index (χ3n) is 3.55. The van der Waals surface area contributed by atoms with Crippen molar-refractivity contribution in [3.8, 4) is 0 Å². The van der Waals surface area contributed by atoms with Gasteiger partial charge in [-0.2, -0.15) is 0 Å². The zero-order chi connectivity index (χ0) is 12.5. The highest BCUT2D eigenvalue weighted by Gasteiger charge is 2.08. The molecule has 2 heterocycles. The molecule has 0 saturated carbocycles. The lowest BCUT2D eigenvalue weighted by Crippen LogP contribution is -1.94. The molecule has 2 aromatic heterocycles. The first-order valence-electron chi connectivity index (χ1n) is 6.22. The molecule has 0 bridgehead atoms. The lowest BCUT2D eigenvalue weighted by atomic mass is 9.96. The maximum Gasteiger partial charge on any atom is 0.137 e. The average molecular weight is 236 g/mol. The summed E-state index contributed by atoms with van der Waals surface area (Å²) in [5, 5.41) is 1.22. The van der Waals surface area contributed by atoms with Crippen LogP contribution in [0.15, 0.2) is 42.7 Å². The Labute approximate surface area is 107 Å². The summed E-state index contributed by atoms with van der Waals surface area (Å²) >= 11 is 0. The Hall–Kier alpha value is -2.09. The van der Waals surface area contributed by atoms with Crippen LogP contribution in [0.3, 0.4) is 0 Å². The maximum atomic E-state index is 4.33. The van der Waals surface area contributed by atoms with Crippen molar-refractivity contribution in [3.05, 3.63) is 65.0 Å². The van der Waals surface area contributed by atoms with Crippen LogP contribution in [0, 0.1) is 13.8 Å². The van der Waals surface area contributed by atoms with Crippen LogP contribution in [-0.2, 0) is 6.42 Å². The molecular formula is C16H16N2. The molecule has 0 fully saturated rings. The van der Waals surface area contributed by atoms with Crippen LogP contribution < -0.4 is 0 Å². The Kier molecular flexibility index (Phi) is 2.63. The second-order valence-corrected chi connectivity index (χ2v) is 4.76. The molecule has 0 saturated heterocycles. The topological polar surface area (TPSA) is 28.7 Å². The smallest absolute Gasteiger partial charge is 0.137 e. The predicted octanol–water partition coefficient (Wildman–Crippen LogP) is 3.77. The monoisotopic (exact) mass is 236 g/mol. The second-order valence-electron chi connectivity index (χ2n) is 4.76. The first-order chi connectivity index (χ1) is 8.75. The van der Waals surface area contributed by atoms with Crippen LogP contribution in [0.4, 0.5) is 0 Å². The van der Waals surface area contributed by atoms with Gasteiger partial charge in [-0.1, -0.05) is 18.2 Å². The van der Waals surface area contributed by atoms with E-state index in [1.54, 1.807) is 0 Å². The van der Waals surface area contributed by atoms with Crippen LogP contribution in [0.2, 0.25) is 0 Å². The summed E-state index contributed by atoms with van der Waals surface area (Å²) in [6.45, 7) is 4.35. The first kappa shape index (κ1) is 11.0. The molecule has 3 rings (SSSR count). The highest BCUT2D eigenvalue weighted by Crippen LogP contribution is 2.22. The van der Waals surface area contributed by atoms with E-state index in [2.05, 4.69) is 54.3 Å². The lowest BCUT2D eigenvalue weighted by Gasteiger charge is -2.08. The van der Waals surface area contributed by atoms with E-state index >= 15 is 0 Å². The molecule has 0 spiro atoms. The third-order valence-corrected chi connectivity index (χ3v) is 3.55. The number of pyridine rings is 1. The van der Waals surface area contributed by atoms with Gasteiger partial charge in [0.2, 0.25) is 0 Å². The molecular weight excluding hydrogens is 220 g/mol. The highest BCUT2D eigenvalue weighted by molar-refractivity contribution is 5.79. The van der Waals surface area contributed by atoms with Crippen molar-refractivity contribution < 1.29 is 0 Å². The lowest BCUT2D eigenvalue weighted by molar-refractivity contribution is 1.13. The van der Waals surface area contributed by atoms with E-state index < -0.39 is 0 Å². The number of benzene rings is 1. The number of nitrogens with zero attached hydrogens (tertiary/aromatic N) is 1. The zero-order valence-electron chi connectivity index (χ0n) is 10.7. The number of hydrogen-bond donors (Lipinski definition) is 1. The van der Waals surface area contributed by atoms with Crippen LogP contribution in [0.5, 0.6) is 0 Å². The van der Waals surface area contributed by atoms with Gasteiger partial charge in [-0.05, 0) is 48.2 Å². The molecule has 0 aliphatic rings. The number of H-pyrrole nitrogens is 1. The molecule has 0 aliphatic carbocycles. The van der Waals surface area contributed by atoms with E-state index in [0.717, 1.165) is 12.1 Å². The Morgan fingerprint density at radius 1 is 1.06 bits per heavy atom. The summed E-state index contributed by atoms with van der Waals surface area (Å²) in [7, 11) is 0. The molecule has 0 amide bonds. The molecule has 18 heavy (non-hydrogen) atoms. The van der Waals surface area contributed by atoms with E-state index in [0.29, 0.717) is 0 Å². The minimum Gasteiger partial charge on any atom is -0.346 e. The van der Waals surface area contributed by atoms with Crippen molar-refractivity contribution in [1.82, 2.24) is 9.97 Å². The number of fused-ring (bicyclic) bond motifs is 1. The molecule has 1 aromatic carbocycles. The van der Waals surface area contributed by atoms with Gasteiger partial charge in [0.05, 0.1) is 0 Å². The van der Waals surface area contributed by atoms with Crippen molar-refractivity contribution in [2.45, 2.75) is 20.3 Å².